The van der Waals surface area contributed by atoms with Crippen LogP contribution in [0.5, 0.6) is 0 Å². The number of amides is 2. The van der Waals surface area contributed by atoms with Crippen LogP contribution in [0.2, 0.25) is 0 Å². The second-order valence-electron chi connectivity index (χ2n) is 5.66. The molecule has 21 heavy (non-hydrogen) atoms. The molecular formula is C14H25N3O4. The molecule has 0 radical (unpaired) electrons. The van der Waals surface area contributed by atoms with Gasteiger partial charge in [-0.2, -0.15) is 0 Å². The van der Waals surface area contributed by atoms with Crippen LogP contribution in [0, 0.1) is 0 Å². The van der Waals surface area contributed by atoms with Gasteiger partial charge in [0.15, 0.2) is 0 Å². The molecule has 2 amide bonds. The molecule has 120 valence electrons. The van der Waals surface area contributed by atoms with E-state index >= 15 is 0 Å². The van der Waals surface area contributed by atoms with Crippen molar-refractivity contribution < 1.29 is 19.1 Å². The van der Waals surface area contributed by atoms with Gasteiger partial charge in [-0.3, -0.25) is 9.59 Å². The van der Waals surface area contributed by atoms with Gasteiger partial charge in [0.2, 0.25) is 5.91 Å². The Morgan fingerprint density at radius 3 is 2.57 bits per heavy atom. The van der Waals surface area contributed by atoms with Crippen LogP contribution >= 0.6 is 0 Å². The van der Waals surface area contributed by atoms with Gasteiger partial charge in [-0.1, -0.05) is 0 Å². The number of methoxy groups -OCH3 is 1. The number of ether oxygens (including phenoxy) is 2. The molecule has 0 aliphatic carbocycles. The number of piperidine rings is 1. The minimum Gasteiger partial charge on any atom is -0.375 e. The second-order valence-corrected chi connectivity index (χ2v) is 5.66. The molecule has 2 atom stereocenters. The molecule has 0 aromatic heterocycles. The molecule has 2 rings (SSSR count). The summed E-state index contributed by atoms with van der Waals surface area (Å²) in [6.07, 6.45) is 2.84. The van der Waals surface area contributed by atoms with E-state index < -0.39 is 0 Å². The summed E-state index contributed by atoms with van der Waals surface area (Å²) in [5, 5.41) is 2.92. The Morgan fingerprint density at radius 2 is 2.00 bits per heavy atom. The number of rotatable bonds is 5. The summed E-state index contributed by atoms with van der Waals surface area (Å²) >= 11 is 0. The number of carbonyl (C=O) groups is 2. The Balaban J connectivity index is 1.73. The molecule has 2 heterocycles. The third kappa shape index (κ3) is 4.39. The smallest absolute Gasteiger partial charge is 0.251 e. The average Bonchev–Trinajstić information content (AvgIpc) is 2.96. The van der Waals surface area contributed by atoms with Crippen molar-refractivity contribution in [2.24, 2.45) is 5.73 Å². The van der Waals surface area contributed by atoms with Gasteiger partial charge < -0.3 is 25.4 Å². The number of hydrogen-bond donors (Lipinski definition) is 2. The topological polar surface area (TPSA) is 93.9 Å². The van der Waals surface area contributed by atoms with Crippen molar-refractivity contribution in [1.82, 2.24) is 10.2 Å². The van der Waals surface area contributed by atoms with E-state index in [-0.39, 0.29) is 36.7 Å². The van der Waals surface area contributed by atoms with E-state index in [1.165, 1.54) is 7.11 Å². The summed E-state index contributed by atoms with van der Waals surface area (Å²) in [4.78, 5) is 25.6. The van der Waals surface area contributed by atoms with Crippen LogP contribution in [-0.4, -0.2) is 68.3 Å². The second kappa shape index (κ2) is 7.72. The van der Waals surface area contributed by atoms with Gasteiger partial charge in [-0.25, -0.2) is 0 Å². The van der Waals surface area contributed by atoms with Crippen LogP contribution in [0.3, 0.4) is 0 Å². The summed E-state index contributed by atoms with van der Waals surface area (Å²) in [5.74, 6) is -0.0418. The van der Waals surface area contributed by atoms with Gasteiger partial charge >= 0.3 is 0 Å². The average molecular weight is 299 g/mol. The van der Waals surface area contributed by atoms with Crippen molar-refractivity contribution in [2.45, 2.75) is 43.9 Å². The first-order valence-electron chi connectivity index (χ1n) is 7.56. The highest BCUT2D eigenvalue weighted by atomic mass is 16.5. The molecule has 2 unspecified atom stereocenters. The lowest BCUT2D eigenvalue weighted by atomic mass is 10.0. The third-order valence-corrected chi connectivity index (χ3v) is 4.09. The highest BCUT2D eigenvalue weighted by Crippen LogP contribution is 2.22. The largest absolute Gasteiger partial charge is 0.375 e. The predicted octanol–water partition coefficient (Wildman–Crippen LogP) is -0.754. The fourth-order valence-corrected chi connectivity index (χ4v) is 2.91. The zero-order valence-electron chi connectivity index (χ0n) is 12.5. The van der Waals surface area contributed by atoms with Crippen LogP contribution in [-0.2, 0) is 19.1 Å². The van der Waals surface area contributed by atoms with E-state index in [0.717, 1.165) is 25.7 Å². The molecule has 2 fully saturated rings. The molecule has 7 nitrogen and oxygen atoms in total. The van der Waals surface area contributed by atoms with Crippen molar-refractivity contribution in [3.8, 4) is 0 Å². The van der Waals surface area contributed by atoms with Gasteiger partial charge in [-0.15, -0.1) is 0 Å². The first-order valence-corrected chi connectivity index (χ1v) is 7.56. The highest BCUT2D eigenvalue weighted by molar-refractivity contribution is 5.81. The third-order valence-electron chi connectivity index (χ3n) is 4.09. The van der Waals surface area contributed by atoms with Crippen molar-refractivity contribution >= 4 is 11.8 Å². The molecule has 0 spiro atoms. The molecule has 0 aromatic rings. The quantitative estimate of drug-likeness (QED) is 0.696. The van der Waals surface area contributed by atoms with Crippen LogP contribution in [0.25, 0.3) is 0 Å². The van der Waals surface area contributed by atoms with Gasteiger partial charge in [0.1, 0.15) is 12.7 Å². The monoisotopic (exact) mass is 299 g/mol. The van der Waals surface area contributed by atoms with Gasteiger partial charge in [0, 0.05) is 32.8 Å². The summed E-state index contributed by atoms with van der Waals surface area (Å²) in [6.45, 7) is 1.86. The number of hydrogen-bond acceptors (Lipinski definition) is 5. The fourth-order valence-electron chi connectivity index (χ4n) is 2.91. The van der Waals surface area contributed by atoms with E-state index in [4.69, 9.17) is 15.2 Å². The first-order chi connectivity index (χ1) is 10.1. The zero-order valence-corrected chi connectivity index (χ0v) is 12.5. The van der Waals surface area contributed by atoms with Crippen molar-refractivity contribution in [3.63, 3.8) is 0 Å². The summed E-state index contributed by atoms with van der Waals surface area (Å²) < 4.78 is 10.4. The number of nitrogens with zero attached hydrogens (tertiary/aromatic N) is 1. The van der Waals surface area contributed by atoms with E-state index in [1.807, 2.05) is 4.90 Å². The lowest BCUT2D eigenvalue weighted by molar-refractivity contribution is -0.144. The Labute approximate surface area is 125 Å². The number of carbonyl (C=O) groups excluding carboxylic acids is 2. The van der Waals surface area contributed by atoms with Crippen molar-refractivity contribution in [2.75, 3.05) is 33.4 Å². The normalized spacial score (nSPS) is 26.9. The van der Waals surface area contributed by atoms with Gasteiger partial charge in [0.05, 0.1) is 6.10 Å². The summed E-state index contributed by atoms with van der Waals surface area (Å²) in [6, 6.07) is 0.123. The maximum absolute atomic E-state index is 12.3. The Hall–Kier alpha value is -1.18. The minimum absolute atomic E-state index is 0.0184. The summed E-state index contributed by atoms with van der Waals surface area (Å²) in [5.41, 5.74) is 5.56. The molecule has 3 N–H and O–H groups in total. The van der Waals surface area contributed by atoms with Crippen LogP contribution in [0.4, 0.5) is 0 Å². The summed E-state index contributed by atoms with van der Waals surface area (Å²) in [7, 11) is 1.50. The van der Waals surface area contributed by atoms with Crippen LogP contribution in [0.1, 0.15) is 25.7 Å². The van der Waals surface area contributed by atoms with Crippen LogP contribution < -0.4 is 11.1 Å². The lowest BCUT2D eigenvalue weighted by Gasteiger charge is -2.33. The Morgan fingerprint density at radius 1 is 1.29 bits per heavy atom. The molecule has 0 aromatic carbocycles. The Bertz CT molecular complexity index is 369. The molecular weight excluding hydrogens is 274 g/mol. The first kappa shape index (κ1) is 16.2. The van der Waals surface area contributed by atoms with Crippen LogP contribution in [0.15, 0.2) is 0 Å². The molecule has 2 aliphatic rings. The van der Waals surface area contributed by atoms with Gasteiger partial charge in [0.25, 0.3) is 5.91 Å². The minimum atomic E-state index is -0.335. The fraction of sp³-hybridized carbons (Fsp3) is 0.857. The molecule has 2 aliphatic heterocycles. The number of likely N-dealkylation sites (tertiary alicyclic amines) is 1. The zero-order chi connectivity index (χ0) is 15.2. The standard InChI is InChI=1S/C14H25N3O4/c1-20-9-13(18)16-10-4-6-17(7-5-10)14(19)12-3-2-11(8-15)21-12/h10-12H,2-9,15H2,1H3,(H,16,18). The molecule has 7 heteroatoms. The van der Waals surface area contributed by atoms with E-state index in [2.05, 4.69) is 5.32 Å². The lowest BCUT2D eigenvalue weighted by Crippen LogP contribution is -2.49. The van der Waals surface area contributed by atoms with E-state index in [1.54, 1.807) is 0 Å². The predicted molar refractivity (Wildman–Crippen MR) is 76.6 cm³/mol. The maximum Gasteiger partial charge on any atom is 0.251 e. The number of nitrogens with two attached hydrogens (primary N) is 1. The Kier molecular flexibility index (Phi) is 5.96. The van der Waals surface area contributed by atoms with E-state index in [0.29, 0.717) is 19.6 Å². The van der Waals surface area contributed by atoms with Crippen molar-refractivity contribution in [1.29, 1.82) is 0 Å². The van der Waals surface area contributed by atoms with E-state index in [9.17, 15) is 9.59 Å². The molecule has 0 saturated carbocycles. The highest BCUT2D eigenvalue weighted by Gasteiger charge is 2.34. The van der Waals surface area contributed by atoms with Gasteiger partial charge in [-0.05, 0) is 25.7 Å². The maximum atomic E-state index is 12.3. The SMILES string of the molecule is COCC(=O)NC1CCN(C(=O)C2CCC(CN)O2)CC1. The molecule has 0 bridgehead atoms. The molecule has 2 saturated heterocycles. The number of nitrogens with one attached hydrogen (secondary N) is 1. The van der Waals surface area contributed by atoms with Crippen molar-refractivity contribution in [3.05, 3.63) is 0 Å².